The summed E-state index contributed by atoms with van der Waals surface area (Å²) >= 11 is 0. The molecule has 2 N–H and O–H groups in total. The predicted octanol–water partition coefficient (Wildman–Crippen LogP) is 3.33. The summed E-state index contributed by atoms with van der Waals surface area (Å²) in [6, 6.07) is 0.525. The van der Waals surface area contributed by atoms with Crippen LogP contribution < -0.4 is 10.6 Å². The van der Waals surface area contributed by atoms with Crippen molar-refractivity contribution in [3.63, 3.8) is 0 Å². The van der Waals surface area contributed by atoms with Gasteiger partial charge in [-0.05, 0) is 51.6 Å². The normalized spacial score (nSPS) is 17.9. The van der Waals surface area contributed by atoms with E-state index in [1.165, 1.54) is 25.9 Å². The molecule has 0 saturated carbocycles. The zero-order valence-electron chi connectivity index (χ0n) is 17.1. The second-order valence-corrected chi connectivity index (χ2v) is 7.59. The molecule has 7 heteroatoms. The van der Waals surface area contributed by atoms with E-state index >= 15 is 0 Å². The third kappa shape index (κ3) is 6.72. The number of guanidine groups is 1. The van der Waals surface area contributed by atoms with Crippen LogP contribution in [0.4, 0.5) is 0 Å². The van der Waals surface area contributed by atoms with Gasteiger partial charge in [0.05, 0.1) is 12.2 Å². The minimum Gasteiger partial charge on any atom is -0.444 e. The third-order valence-electron chi connectivity index (χ3n) is 5.24. The Hall–Kier alpha value is -0.830. The Morgan fingerprint density at radius 2 is 1.92 bits per heavy atom. The van der Waals surface area contributed by atoms with E-state index < -0.39 is 0 Å². The molecule has 2 rings (SSSR count). The average Bonchev–Trinajstić information content (AvgIpc) is 2.90. The van der Waals surface area contributed by atoms with Crippen molar-refractivity contribution in [1.29, 1.82) is 0 Å². The number of likely N-dealkylation sites (tertiary alicyclic amines) is 1. The molecule has 1 unspecified atom stereocenters. The number of nitrogens with one attached hydrogen (secondary N) is 2. The molecule has 1 aliphatic rings. The predicted molar refractivity (Wildman–Crippen MR) is 118 cm³/mol. The summed E-state index contributed by atoms with van der Waals surface area (Å²) in [5.41, 5.74) is 0.943. The first-order valence-electron chi connectivity index (χ1n) is 9.52. The summed E-state index contributed by atoms with van der Waals surface area (Å²) in [7, 11) is 1.80. The maximum absolute atomic E-state index is 5.61. The van der Waals surface area contributed by atoms with Crippen molar-refractivity contribution < 1.29 is 4.42 Å². The van der Waals surface area contributed by atoms with Crippen LogP contribution in [0.3, 0.4) is 0 Å². The van der Waals surface area contributed by atoms with Gasteiger partial charge in [-0.15, -0.1) is 24.0 Å². The quantitative estimate of drug-likeness (QED) is 0.374. The maximum Gasteiger partial charge on any atom is 0.214 e. The number of hydrogen-bond acceptors (Lipinski definition) is 4. The lowest BCUT2D eigenvalue weighted by Crippen LogP contribution is -2.51. The van der Waals surface area contributed by atoms with Gasteiger partial charge in [0, 0.05) is 19.6 Å². The van der Waals surface area contributed by atoms with Gasteiger partial charge in [-0.25, -0.2) is 4.98 Å². The fraction of sp³-hybridized carbons (Fsp3) is 0.789. The molecule has 1 aromatic heterocycles. The molecular weight excluding hydrogens is 441 g/mol. The fourth-order valence-corrected chi connectivity index (χ4v) is 3.34. The monoisotopic (exact) mass is 477 g/mol. The van der Waals surface area contributed by atoms with Gasteiger partial charge in [0.15, 0.2) is 5.96 Å². The molecule has 0 aromatic carbocycles. The summed E-state index contributed by atoms with van der Waals surface area (Å²) in [5.74, 6) is 3.84. The van der Waals surface area contributed by atoms with Crippen LogP contribution in [0.2, 0.25) is 0 Å². The number of nitrogens with zero attached hydrogens (tertiary/aromatic N) is 3. The molecule has 6 nitrogen and oxygen atoms in total. The van der Waals surface area contributed by atoms with Crippen molar-refractivity contribution in [3.05, 3.63) is 17.3 Å². The van der Waals surface area contributed by atoms with Gasteiger partial charge in [-0.1, -0.05) is 20.8 Å². The Morgan fingerprint density at radius 3 is 2.42 bits per heavy atom. The van der Waals surface area contributed by atoms with Crippen LogP contribution in [0.25, 0.3) is 0 Å². The molecule has 0 aliphatic carbocycles. The van der Waals surface area contributed by atoms with Crippen molar-refractivity contribution in [1.82, 2.24) is 20.5 Å². The minimum absolute atomic E-state index is 0. The number of hydrogen-bond donors (Lipinski definition) is 2. The molecule has 0 bridgehead atoms. The first-order chi connectivity index (χ1) is 11.9. The first-order valence-corrected chi connectivity index (χ1v) is 9.52. The number of aryl methyl sites for hydroxylation is 2. The van der Waals surface area contributed by atoms with Crippen LogP contribution >= 0.6 is 24.0 Å². The SMILES string of the molecule is CN=C(NCc1nc(C)c(C)o1)NCC(C(C)C)N1CCC(C)CC1.I. The highest BCUT2D eigenvalue weighted by Crippen LogP contribution is 2.21. The lowest BCUT2D eigenvalue weighted by atomic mass is 9.94. The zero-order valence-corrected chi connectivity index (χ0v) is 19.5. The van der Waals surface area contributed by atoms with Crippen molar-refractivity contribution in [2.24, 2.45) is 16.8 Å². The molecule has 0 amide bonds. The van der Waals surface area contributed by atoms with Crippen LogP contribution in [0.1, 0.15) is 51.0 Å². The van der Waals surface area contributed by atoms with Crippen molar-refractivity contribution in [2.75, 3.05) is 26.7 Å². The standard InChI is InChI=1S/C19H35N5O.HI/c1-13(2)17(24-9-7-14(3)8-10-24)11-21-19(20-6)22-12-18-23-15(4)16(5)25-18;/h13-14,17H,7-12H2,1-6H3,(H2,20,21,22);1H. The van der Waals surface area contributed by atoms with Gasteiger partial charge in [-0.2, -0.15) is 0 Å². The van der Waals surface area contributed by atoms with E-state index in [1.807, 2.05) is 13.8 Å². The highest BCUT2D eigenvalue weighted by molar-refractivity contribution is 14.0. The molecule has 0 radical (unpaired) electrons. The highest BCUT2D eigenvalue weighted by atomic mass is 127. The summed E-state index contributed by atoms with van der Waals surface area (Å²) in [4.78, 5) is 11.4. The molecule has 0 spiro atoms. The van der Waals surface area contributed by atoms with Crippen molar-refractivity contribution in [2.45, 2.75) is 60.0 Å². The van der Waals surface area contributed by atoms with E-state index in [4.69, 9.17) is 4.42 Å². The topological polar surface area (TPSA) is 65.7 Å². The Kier molecular flexibility index (Phi) is 9.92. The molecule has 1 saturated heterocycles. The number of oxazole rings is 1. The van der Waals surface area contributed by atoms with Crippen molar-refractivity contribution >= 4 is 29.9 Å². The van der Waals surface area contributed by atoms with E-state index in [0.29, 0.717) is 24.4 Å². The van der Waals surface area contributed by atoms with Crippen LogP contribution in [0, 0.1) is 25.7 Å². The number of aliphatic imine (C=N–C) groups is 1. The Bertz CT molecular complexity index is 545. The van der Waals surface area contributed by atoms with Gasteiger partial charge in [0.2, 0.25) is 5.89 Å². The smallest absolute Gasteiger partial charge is 0.214 e. The highest BCUT2D eigenvalue weighted by Gasteiger charge is 2.25. The zero-order chi connectivity index (χ0) is 18.4. The van der Waals surface area contributed by atoms with E-state index in [2.05, 4.69) is 46.3 Å². The minimum atomic E-state index is 0. The van der Waals surface area contributed by atoms with Gasteiger partial charge in [0.1, 0.15) is 5.76 Å². The van der Waals surface area contributed by atoms with Crippen LogP contribution in [0.5, 0.6) is 0 Å². The molecule has 1 aromatic rings. The summed E-state index contributed by atoms with van der Waals surface area (Å²) < 4.78 is 5.61. The van der Waals surface area contributed by atoms with Gasteiger partial charge < -0.3 is 15.1 Å². The van der Waals surface area contributed by atoms with E-state index in [-0.39, 0.29) is 24.0 Å². The fourth-order valence-electron chi connectivity index (χ4n) is 3.34. The Morgan fingerprint density at radius 1 is 1.27 bits per heavy atom. The lowest BCUT2D eigenvalue weighted by Gasteiger charge is -2.39. The number of rotatable bonds is 6. The van der Waals surface area contributed by atoms with Gasteiger partial charge in [0.25, 0.3) is 0 Å². The Labute approximate surface area is 175 Å². The molecule has 1 aliphatic heterocycles. The molecule has 1 fully saturated rings. The summed E-state index contributed by atoms with van der Waals surface area (Å²) in [5, 5.41) is 6.77. The van der Waals surface area contributed by atoms with Crippen molar-refractivity contribution in [3.8, 4) is 0 Å². The van der Waals surface area contributed by atoms with E-state index in [0.717, 1.165) is 29.9 Å². The molecule has 26 heavy (non-hydrogen) atoms. The summed E-state index contributed by atoms with van der Waals surface area (Å²) in [6.07, 6.45) is 2.61. The largest absolute Gasteiger partial charge is 0.444 e. The first kappa shape index (κ1) is 23.2. The lowest BCUT2D eigenvalue weighted by molar-refractivity contribution is 0.110. The number of aromatic nitrogens is 1. The second kappa shape index (κ2) is 11.1. The summed E-state index contributed by atoms with van der Waals surface area (Å²) in [6.45, 7) is 14.7. The molecule has 2 heterocycles. The Balaban J connectivity index is 0.00000338. The van der Waals surface area contributed by atoms with E-state index in [9.17, 15) is 0 Å². The van der Waals surface area contributed by atoms with Crippen LogP contribution in [-0.2, 0) is 6.54 Å². The van der Waals surface area contributed by atoms with Gasteiger partial charge >= 0.3 is 0 Å². The number of piperidine rings is 1. The van der Waals surface area contributed by atoms with Crippen LogP contribution in [-0.4, -0.2) is 48.6 Å². The van der Waals surface area contributed by atoms with Gasteiger partial charge in [-0.3, -0.25) is 9.89 Å². The van der Waals surface area contributed by atoms with E-state index in [1.54, 1.807) is 7.05 Å². The second-order valence-electron chi connectivity index (χ2n) is 7.59. The van der Waals surface area contributed by atoms with Crippen LogP contribution in [0.15, 0.2) is 9.41 Å². The molecule has 150 valence electrons. The average molecular weight is 477 g/mol. The number of halogens is 1. The molecular formula is C19H36IN5O. The third-order valence-corrected chi connectivity index (χ3v) is 5.24. The maximum atomic E-state index is 5.61. The molecule has 1 atom stereocenters.